The van der Waals surface area contributed by atoms with Gasteiger partial charge in [0.25, 0.3) is 5.91 Å². The number of halogens is 1. The van der Waals surface area contributed by atoms with E-state index >= 15 is 0 Å². The molecular weight excluding hydrogens is 512 g/mol. The van der Waals surface area contributed by atoms with E-state index in [0.717, 1.165) is 22.6 Å². The van der Waals surface area contributed by atoms with Crippen molar-refractivity contribution in [1.82, 2.24) is 20.1 Å². The average molecular weight is 539 g/mol. The van der Waals surface area contributed by atoms with E-state index in [1.54, 1.807) is 32.4 Å². The van der Waals surface area contributed by atoms with Crippen molar-refractivity contribution < 1.29 is 19.0 Å². The topological polar surface area (TPSA) is 87.5 Å². The molecule has 4 rings (SSSR count). The molecular formula is C27H27ClN4O4S. The number of amides is 1. The van der Waals surface area contributed by atoms with Gasteiger partial charge in [0.05, 0.1) is 33.6 Å². The molecule has 0 unspecified atom stereocenters. The number of ether oxygens (including phenoxy) is 3. The Balaban J connectivity index is 1.60. The van der Waals surface area contributed by atoms with Crippen LogP contribution in [-0.2, 0) is 12.3 Å². The second-order valence-electron chi connectivity index (χ2n) is 8.06. The smallest absolute Gasteiger partial charge is 0.251 e. The minimum absolute atomic E-state index is 0.159. The van der Waals surface area contributed by atoms with Crippen LogP contribution in [0.5, 0.6) is 17.2 Å². The van der Waals surface area contributed by atoms with Gasteiger partial charge in [-0.15, -0.1) is 10.2 Å². The summed E-state index contributed by atoms with van der Waals surface area (Å²) in [7, 11) is 4.72. The van der Waals surface area contributed by atoms with Gasteiger partial charge >= 0.3 is 0 Å². The lowest BCUT2D eigenvalue weighted by atomic mass is 10.2. The number of methoxy groups -OCH3 is 3. The van der Waals surface area contributed by atoms with E-state index in [2.05, 4.69) is 15.5 Å². The molecule has 0 saturated heterocycles. The zero-order valence-corrected chi connectivity index (χ0v) is 22.5. The first-order valence-electron chi connectivity index (χ1n) is 11.4. The summed E-state index contributed by atoms with van der Waals surface area (Å²) in [5, 5.41) is 13.0. The molecule has 1 heterocycles. The van der Waals surface area contributed by atoms with Gasteiger partial charge in [-0.3, -0.25) is 9.36 Å². The summed E-state index contributed by atoms with van der Waals surface area (Å²) in [6, 6.07) is 18.5. The summed E-state index contributed by atoms with van der Waals surface area (Å²) in [4.78, 5) is 12.9. The molecule has 0 aliphatic rings. The molecule has 4 aromatic rings. The van der Waals surface area contributed by atoms with Crippen LogP contribution in [0.3, 0.4) is 0 Å². The molecule has 0 radical (unpaired) electrons. The van der Waals surface area contributed by atoms with Crippen molar-refractivity contribution in [2.75, 3.05) is 21.3 Å². The molecule has 192 valence electrons. The van der Waals surface area contributed by atoms with Gasteiger partial charge in [0.15, 0.2) is 22.5 Å². The molecule has 10 heteroatoms. The number of rotatable bonds is 10. The number of hydrogen-bond acceptors (Lipinski definition) is 7. The summed E-state index contributed by atoms with van der Waals surface area (Å²) in [5.41, 5.74) is 3.38. The molecule has 1 N–H and O–H groups in total. The molecule has 0 atom stereocenters. The highest BCUT2D eigenvalue weighted by Crippen LogP contribution is 2.30. The monoisotopic (exact) mass is 538 g/mol. The summed E-state index contributed by atoms with van der Waals surface area (Å²) in [6.07, 6.45) is 0. The fraction of sp³-hybridized carbons (Fsp3) is 0.222. The van der Waals surface area contributed by atoms with Crippen LogP contribution in [-0.4, -0.2) is 42.0 Å². The number of aryl methyl sites for hydroxylation is 1. The van der Waals surface area contributed by atoms with Crippen LogP contribution in [0, 0.1) is 6.92 Å². The van der Waals surface area contributed by atoms with Crippen molar-refractivity contribution >= 4 is 29.3 Å². The third-order valence-electron chi connectivity index (χ3n) is 5.67. The molecule has 0 saturated carbocycles. The summed E-state index contributed by atoms with van der Waals surface area (Å²) >= 11 is 7.88. The van der Waals surface area contributed by atoms with Crippen LogP contribution in [0.25, 0.3) is 5.69 Å². The van der Waals surface area contributed by atoms with Crippen LogP contribution in [0.4, 0.5) is 0 Å². The Morgan fingerprint density at radius 3 is 2.54 bits per heavy atom. The quantitative estimate of drug-likeness (QED) is 0.268. The number of carbonyl (C=O) groups excluding carboxylic acids is 1. The highest BCUT2D eigenvalue weighted by Gasteiger charge is 2.18. The van der Waals surface area contributed by atoms with Gasteiger partial charge in [0.2, 0.25) is 0 Å². The van der Waals surface area contributed by atoms with Crippen molar-refractivity contribution in [2.45, 2.75) is 24.4 Å². The minimum atomic E-state index is -0.274. The number of thioether (sulfide) groups is 1. The number of hydrogen-bond donors (Lipinski definition) is 1. The van der Waals surface area contributed by atoms with E-state index in [0.29, 0.717) is 38.8 Å². The zero-order chi connectivity index (χ0) is 26.4. The lowest BCUT2D eigenvalue weighted by molar-refractivity contribution is 0.0949. The van der Waals surface area contributed by atoms with Gasteiger partial charge in [-0.2, -0.15) is 0 Å². The highest BCUT2D eigenvalue weighted by molar-refractivity contribution is 7.98. The fourth-order valence-electron chi connectivity index (χ4n) is 3.72. The third-order valence-corrected chi connectivity index (χ3v) is 6.90. The molecule has 37 heavy (non-hydrogen) atoms. The van der Waals surface area contributed by atoms with Crippen LogP contribution in [0.2, 0.25) is 5.02 Å². The number of benzene rings is 3. The van der Waals surface area contributed by atoms with E-state index in [-0.39, 0.29) is 12.5 Å². The molecule has 1 amide bonds. The maximum Gasteiger partial charge on any atom is 0.251 e. The van der Waals surface area contributed by atoms with Crippen LogP contribution in [0.1, 0.15) is 27.3 Å². The molecule has 0 spiro atoms. The Morgan fingerprint density at radius 1 is 0.973 bits per heavy atom. The van der Waals surface area contributed by atoms with Gasteiger partial charge in [-0.05, 0) is 60.5 Å². The second kappa shape index (κ2) is 12.0. The lowest BCUT2D eigenvalue weighted by Crippen LogP contribution is -2.24. The van der Waals surface area contributed by atoms with Gasteiger partial charge in [-0.25, -0.2) is 0 Å². The Bertz CT molecular complexity index is 1410. The standard InChI is InChI=1S/C27H27ClN4O4S/c1-17-8-10-20(28)14-22(17)32-25(15-29-26(33)19-9-11-23(35-3)24(13-19)36-4)30-31-27(32)37-16-18-6-5-7-21(12-18)34-2/h5-14H,15-16H2,1-4H3,(H,29,33). The average Bonchev–Trinajstić information content (AvgIpc) is 3.33. The molecule has 0 fully saturated rings. The number of nitrogens with one attached hydrogen (secondary N) is 1. The number of aromatic nitrogens is 3. The maximum atomic E-state index is 12.9. The van der Waals surface area contributed by atoms with E-state index in [1.165, 1.54) is 18.9 Å². The minimum Gasteiger partial charge on any atom is -0.497 e. The third kappa shape index (κ3) is 6.18. The Morgan fingerprint density at radius 2 is 1.78 bits per heavy atom. The second-order valence-corrected chi connectivity index (χ2v) is 9.44. The van der Waals surface area contributed by atoms with Crippen molar-refractivity contribution in [2.24, 2.45) is 0 Å². The van der Waals surface area contributed by atoms with E-state index in [4.69, 9.17) is 25.8 Å². The van der Waals surface area contributed by atoms with Crippen molar-refractivity contribution in [3.8, 4) is 22.9 Å². The van der Waals surface area contributed by atoms with Gasteiger partial charge < -0.3 is 19.5 Å². The SMILES string of the molecule is COc1cccc(CSc2nnc(CNC(=O)c3ccc(OC)c(OC)c3)n2-c2cc(Cl)ccc2C)c1. The van der Waals surface area contributed by atoms with E-state index in [9.17, 15) is 4.79 Å². The highest BCUT2D eigenvalue weighted by atomic mass is 35.5. The number of nitrogens with zero attached hydrogens (tertiary/aromatic N) is 3. The first kappa shape index (κ1) is 26.4. The van der Waals surface area contributed by atoms with E-state index in [1.807, 2.05) is 54.0 Å². The van der Waals surface area contributed by atoms with Gasteiger partial charge in [0.1, 0.15) is 5.75 Å². The maximum absolute atomic E-state index is 12.9. The molecule has 8 nitrogen and oxygen atoms in total. The van der Waals surface area contributed by atoms with Crippen molar-refractivity contribution in [3.63, 3.8) is 0 Å². The summed E-state index contributed by atoms with van der Waals surface area (Å²) in [6.45, 7) is 2.15. The molecule has 0 aliphatic carbocycles. The fourth-order valence-corrected chi connectivity index (χ4v) is 4.80. The number of carbonyl (C=O) groups is 1. The van der Waals surface area contributed by atoms with Crippen molar-refractivity contribution in [3.05, 3.63) is 88.2 Å². The van der Waals surface area contributed by atoms with Crippen LogP contribution < -0.4 is 19.5 Å². The summed E-state index contributed by atoms with van der Waals surface area (Å²) in [5.74, 6) is 2.78. The first-order chi connectivity index (χ1) is 17.9. The Hall–Kier alpha value is -3.69. The Labute approximate surface area is 224 Å². The van der Waals surface area contributed by atoms with Crippen LogP contribution >= 0.6 is 23.4 Å². The van der Waals surface area contributed by atoms with Gasteiger partial charge in [0, 0.05) is 16.3 Å². The van der Waals surface area contributed by atoms with Gasteiger partial charge in [-0.1, -0.05) is 41.6 Å². The lowest BCUT2D eigenvalue weighted by Gasteiger charge is -2.14. The Kier molecular flexibility index (Phi) is 8.58. The normalized spacial score (nSPS) is 10.7. The van der Waals surface area contributed by atoms with Crippen LogP contribution in [0.15, 0.2) is 65.8 Å². The predicted molar refractivity (Wildman–Crippen MR) is 144 cm³/mol. The molecule has 0 bridgehead atoms. The molecule has 0 aliphatic heterocycles. The predicted octanol–water partition coefficient (Wildman–Crippen LogP) is 5.48. The van der Waals surface area contributed by atoms with Crippen molar-refractivity contribution in [1.29, 1.82) is 0 Å². The molecule has 3 aromatic carbocycles. The largest absolute Gasteiger partial charge is 0.497 e. The first-order valence-corrected chi connectivity index (χ1v) is 12.8. The summed E-state index contributed by atoms with van der Waals surface area (Å²) < 4.78 is 17.8. The molecule has 1 aromatic heterocycles. The van der Waals surface area contributed by atoms with E-state index < -0.39 is 0 Å². The zero-order valence-electron chi connectivity index (χ0n) is 20.9.